The lowest BCUT2D eigenvalue weighted by Gasteiger charge is -2.10. The Labute approximate surface area is 142 Å². The molecule has 0 fully saturated rings. The molecule has 0 aliphatic carbocycles. The molecular formula is C16H15F2N3O4. The maximum Gasteiger partial charge on any atom is 0.387 e. The van der Waals surface area contributed by atoms with Crippen molar-refractivity contribution in [1.82, 2.24) is 9.97 Å². The molecule has 1 amide bonds. The summed E-state index contributed by atoms with van der Waals surface area (Å²) in [5, 5.41) is 2.56. The lowest BCUT2D eigenvalue weighted by molar-refractivity contribution is -0.0500. The third-order valence-electron chi connectivity index (χ3n) is 3.04. The van der Waals surface area contributed by atoms with Crippen LogP contribution in [0.4, 0.5) is 14.5 Å². The van der Waals surface area contributed by atoms with Gasteiger partial charge in [0, 0.05) is 6.20 Å². The molecule has 7 nitrogen and oxygen atoms in total. The number of pyridine rings is 2. The van der Waals surface area contributed by atoms with Gasteiger partial charge in [0.15, 0.2) is 0 Å². The Balaban J connectivity index is 2.14. The highest BCUT2D eigenvalue weighted by molar-refractivity contribution is 6.03. The monoisotopic (exact) mass is 351 g/mol. The molecule has 132 valence electrons. The van der Waals surface area contributed by atoms with Crippen molar-refractivity contribution in [1.29, 1.82) is 0 Å². The van der Waals surface area contributed by atoms with Gasteiger partial charge in [0.1, 0.15) is 11.4 Å². The number of aromatic nitrogens is 2. The van der Waals surface area contributed by atoms with Gasteiger partial charge in [0.25, 0.3) is 5.91 Å². The number of anilines is 1. The summed E-state index contributed by atoms with van der Waals surface area (Å²) in [6, 6.07) is 3.88. The van der Waals surface area contributed by atoms with Gasteiger partial charge in [0.2, 0.25) is 0 Å². The number of carbonyl (C=O) groups excluding carboxylic acids is 2. The lowest BCUT2D eigenvalue weighted by atomic mass is 10.2. The van der Waals surface area contributed by atoms with Crippen molar-refractivity contribution < 1.29 is 27.8 Å². The van der Waals surface area contributed by atoms with Crippen LogP contribution in [0.25, 0.3) is 0 Å². The maximum absolute atomic E-state index is 12.2. The Morgan fingerprint density at radius 2 is 2.00 bits per heavy atom. The van der Waals surface area contributed by atoms with E-state index in [1.165, 1.54) is 24.4 Å². The average molecular weight is 351 g/mol. The van der Waals surface area contributed by atoms with Crippen LogP contribution in [0.1, 0.15) is 33.5 Å². The van der Waals surface area contributed by atoms with E-state index < -0.39 is 18.5 Å². The molecule has 0 atom stereocenters. The van der Waals surface area contributed by atoms with Crippen LogP contribution in [-0.4, -0.2) is 35.1 Å². The van der Waals surface area contributed by atoms with Crippen LogP contribution < -0.4 is 10.1 Å². The maximum atomic E-state index is 12.2. The third kappa shape index (κ3) is 4.93. The van der Waals surface area contributed by atoms with E-state index in [1.54, 1.807) is 13.8 Å². The quantitative estimate of drug-likeness (QED) is 0.805. The first-order chi connectivity index (χ1) is 11.9. The van der Waals surface area contributed by atoms with Gasteiger partial charge >= 0.3 is 12.6 Å². The highest BCUT2D eigenvalue weighted by Crippen LogP contribution is 2.17. The Kier molecular flexibility index (Phi) is 5.93. The minimum Gasteiger partial charge on any atom is -0.462 e. The largest absolute Gasteiger partial charge is 0.462 e. The highest BCUT2D eigenvalue weighted by Gasteiger charge is 2.14. The number of amides is 1. The van der Waals surface area contributed by atoms with Gasteiger partial charge in [-0.2, -0.15) is 8.78 Å². The second-order valence-corrected chi connectivity index (χ2v) is 4.79. The summed E-state index contributed by atoms with van der Waals surface area (Å²) in [6.07, 6.45) is 2.36. The molecule has 0 aromatic carbocycles. The lowest BCUT2D eigenvalue weighted by Crippen LogP contribution is -2.16. The smallest absolute Gasteiger partial charge is 0.387 e. The van der Waals surface area contributed by atoms with Gasteiger partial charge in [0.05, 0.1) is 29.7 Å². The predicted molar refractivity (Wildman–Crippen MR) is 83.8 cm³/mol. The van der Waals surface area contributed by atoms with Crippen LogP contribution in [-0.2, 0) is 4.74 Å². The molecule has 25 heavy (non-hydrogen) atoms. The molecular weight excluding hydrogens is 336 g/mol. The second-order valence-electron chi connectivity index (χ2n) is 4.79. The molecule has 0 saturated heterocycles. The van der Waals surface area contributed by atoms with Crippen molar-refractivity contribution in [2.45, 2.75) is 20.5 Å². The topological polar surface area (TPSA) is 90.4 Å². The van der Waals surface area contributed by atoms with Crippen LogP contribution in [0.3, 0.4) is 0 Å². The van der Waals surface area contributed by atoms with Crippen molar-refractivity contribution in [2.24, 2.45) is 0 Å². The minimum absolute atomic E-state index is 0.0115. The van der Waals surface area contributed by atoms with Gasteiger partial charge < -0.3 is 14.8 Å². The number of rotatable bonds is 6. The van der Waals surface area contributed by atoms with Gasteiger partial charge in [-0.05, 0) is 32.0 Å². The van der Waals surface area contributed by atoms with E-state index in [9.17, 15) is 18.4 Å². The molecule has 0 spiro atoms. The predicted octanol–water partition coefficient (Wildman–Crippen LogP) is 2.82. The highest BCUT2D eigenvalue weighted by atomic mass is 19.3. The first-order valence-electron chi connectivity index (χ1n) is 7.26. The average Bonchev–Trinajstić information content (AvgIpc) is 2.57. The molecule has 9 heteroatoms. The van der Waals surface area contributed by atoms with Crippen LogP contribution in [0, 0.1) is 6.92 Å². The van der Waals surface area contributed by atoms with Crippen LogP contribution in [0.15, 0.2) is 30.6 Å². The third-order valence-corrected chi connectivity index (χ3v) is 3.04. The van der Waals surface area contributed by atoms with E-state index in [2.05, 4.69) is 20.0 Å². The van der Waals surface area contributed by atoms with Crippen LogP contribution >= 0.6 is 0 Å². The van der Waals surface area contributed by atoms with Crippen molar-refractivity contribution in [3.63, 3.8) is 0 Å². The van der Waals surface area contributed by atoms with E-state index >= 15 is 0 Å². The number of esters is 1. The standard InChI is InChI=1S/C16H15F2N3O4/c1-3-24-15(23)10-6-13(9(2)19-7-10)21-14(22)12-5-4-11(8-20-12)25-16(17)18/h4-8,16H,3H2,1-2H3,(H,21,22). The SMILES string of the molecule is CCOC(=O)c1cnc(C)c(NC(=O)c2ccc(OC(F)F)cn2)c1. The molecule has 2 heterocycles. The zero-order valence-corrected chi connectivity index (χ0v) is 13.5. The zero-order chi connectivity index (χ0) is 18.4. The minimum atomic E-state index is -2.97. The number of halogens is 2. The molecule has 0 aliphatic heterocycles. The number of ether oxygens (including phenoxy) is 2. The van der Waals surface area contributed by atoms with Crippen LogP contribution in [0.5, 0.6) is 5.75 Å². The summed E-state index contributed by atoms with van der Waals surface area (Å²) in [4.78, 5) is 31.7. The second kappa shape index (κ2) is 8.13. The molecule has 2 rings (SSSR count). The normalized spacial score (nSPS) is 10.4. The number of alkyl halides is 2. The fourth-order valence-corrected chi connectivity index (χ4v) is 1.86. The van der Waals surface area contributed by atoms with Gasteiger partial charge in [-0.25, -0.2) is 9.78 Å². The fourth-order valence-electron chi connectivity index (χ4n) is 1.86. The van der Waals surface area contributed by atoms with E-state index in [4.69, 9.17) is 4.74 Å². The Bertz CT molecular complexity index is 766. The van der Waals surface area contributed by atoms with Crippen molar-refractivity contribution >= 4 is 17.6 Å². The molecule has 2 aromatic heterocycles. The molecule has 0 radical (unpaired) electrons. The number of hydrogen-bond donors (Lipinski definition) is 1. The number of nitrogens with one attached hydrogen (secondary N) is 1. The van der Waals surface area contributed by atoms with Gasteiger partial charge in [-0.15, -0.1) is 0 Å². The summed E-state index contributed by atoms with van der Waals surface area (Å²) < 4.78 is 33.2. The van der Waals surface area contributed by atoms with E-state index in [1.807, 2.05) is 0 Å². The Morgan fingerprint density at radius 1 is 1.24 bits per heavy atom. The summed E-state index contributed by atoms with van der Waals surface area (Å²) in [5.41, 5.74) is 0.975. The molecule has 0 saturated carbocycles. The number of hydrogen-bond acceptors (Lipinski definition) is 6. The molecule has 0 bridgehead atoms. The molecule has 0 aliphatic rings. The number of nitrogens with zero attached hydrogens (tertiary/aromatic N) is 2. The van der Waals surface area contributed by atoms with Gasteiger partial charge in [-0.3, -0.25) is 9.78 Å². The summed E-state index contributed by atoms with van der Waals surface area (Å²) in [5.74, 6) is -1.31. The number of aryl methyl sites for hydroxylation is 1. The summed E-state index contributed by atoms with van der Waals surface area (Å²) in [6.45, 7) is 0.568. The molecule has 0 unspecified atom stereocenters. The fraction of sp³-hybridized carbons (Fsp3) is 0.250. The number of carbonyl (C=O) groups is 2. The van der Waals surface area contributed by atoms with E-state index in [0.29, 0.717) is 11.4 Å². The van der Waals surface area contributed by atoms with Crippen molar-refractivity contribution in [3.8, 4) is 5.75 Å². The Morgan fingerprint density at radius 3 is 2.60 bits per heavy atom. The van der Waals surface area contributed by atoms with E-state index in [0.717, 1.165) is 6.20 Å². The Hall–Kier alpha value is -3.10. The van der Waals surface area contributed by atoms with E-state index in [-0.39, 0.29) is 23.6 Å². The van der Waals surface area contributed by atoms with Gasteiger partial charge in [-0.1, -0.05) is 0 Å². The van der Waals surface area contributed by atoms with Crippen LogP contribution in [0.2, 0.25) is 0 Å². The molecule has 2 aromatic rings. The van der Waals surface area contributed by atoms with Crippen molar-refractivity contribution in [3.05, 3.63) is 47.5 Å². The van der Waals surface area contributed by atoms with Crippen molar-refractivity contribution in [2.75, 3.05) is 11.9 Å². The summed E-state index contributed by atoms with van der Waals surface area (Å²) >= 11 is 0. The first kappa shape index (κ1) is 18.2. The zero-order valence-electron chi connectivity index (χ0n) is 13.5. The first-order valence-corrected chi connectivity index (χ1v) is 7.26. The summed E-state index contributed by atoms with van der Waals surface area (Å²) in [7, 11) is 0. The molecule has 1 N–H and O–H groups in total.